The van der Waals surface area contributed by atoms with E-state index in [0.29, 0.717) is 17.1 Å². The maximum Gasteiger partial charge on any atom is 0.242 e. The van der Waals surface area contributed by atoms with E-state index in [1.807, 2.05) is 20.8 Å². The molecule has 1 aromatic carbocycles. The molecule has 0 spiro atoms. The highest BCUT2D eigenvalue weighted by Crippen LogP contribution is 2.23. The summed E-state index contributed by atoms with van der Waals surface area (Å²) in [5.74, 6) is 0. The average Bonchev–Trinajstić information content (AvgIpc) is 2.19. The van der Waals surface area contributed by atoms with E-state index in [0.717, 1.165) is 5.56 Å². The summed E-state index contributed by atoms with van der Waals surface area (Å²) >= 11 is 0. The van der Waals surface area contributed by atoms with Crippen LogP contribution in [0.3, 0.4) is 0 Å². The number of aryl methyl sites for hydroxylation is 1. The summed E-state index contributed by atoms with van der Waals surface area (Å²) < 4.78 is 26.1. The van der Waals surface area contributed by atoms with Gasteiger partial charge in [-0.15, -0.1) is 0 Å². The van der Waals surface area contributed by atoms with Crippen LogP contribution in [0.4, 0.5) is 5.69 Å². The fraction of sp³-hybridized carbons (Fsp3) is 0.538. The molecule has 0 saturated heterocycles. The summed E-state index contributed by atoms with van der Waals surface area (Å²) in [7, 11) is -1.83. The van der Waals surface area contributed by atoms with Crippen molar-refractivity contribution in [3.63, 3.8) is 0 Å². The topological polar surface area (TPSA) is 63.4 Å². The number of sulfonamides is 1. The number of nitrogens with zero attached hydrogens (tertiary/aromatic N) is 1. The smallest absolute Gasteiger partial charge is 0.242 e. The molecule has 0 saturated carbocycles. The normalized spacial score (nSPS) is 13.0. The fourth-order valence-corrected chi connectivity index (χ4v) is 3.22. The van der Waals surface area contributed by atoms with Gasteiger partial charge in [0.15, 0.2) is 0 Å². The van der Waals surface area contributed by atoms with Gasteiger partial charge in [-0.2, -0.15) is 0 Å². The first-order valence-electron chi connectivity index (χ1n) is 5.86. The predicted octanol–water partition coefficient (Wildman–Crippen LogP) is 2.24. The van der Waals surface area contributed by atoms with Crippen LogP contribution in [0.15, 0.2) is 23.1 Å². The zero-order chi connectivity index (χ0) is 14.1. The molecular weight excluding hydrogens is 248 g/mol. The Morgan fingerprint density at radius 3 is 2.28 bits per heavy atom. The first-order valence-corrected chi connectivity index (χ1v) is 7.30. The standard InChI is InChI=1S/C13H22N2O2S/c1-10-8-11(6-7-12(10)14)18(16,17)15(5)9-13(2,3)4/h6-8H,9,14H2,1-5H3. The second kappa shape index (κ2) is 4.90. The molecule has 0 atom stereocenters. The fourth-order valence-electron chi connectivity index (χ4n) is 1.74. The van der Waals surface area contributed by atoms with Gasteiger partial charge >= 0.3 is 0 Å². The molecular formula is C13H22N2O2S. The summed E-state index contributed by atoms with van der Waals surface area (Å²) in [5.41, 5.74) is 7.00. The van der Waals surface area contributed by atoms with Crippen LogP contribution in [-0.2, 0) is 10.0 Å². The minimum Gasteiger partial charge on any atom is -0.399 e. The third kappa shape index (κ3) is 3.46. The maximum atomic E-state index is 12.4. The Morgan fingerprint density at radius 2 is 1.83 bits per heavy atom. The quantitative estimate of drug-likeness (QED) is 0.857. The number of rotatable bonds is 3. The third-order valence-electron chi connectivity index (χ3n) is 2.65. The van der Waals surface area contributed by atoms with Crippen LogP contribution in [-0.4, -0.2) is 26.3 Å². The van der Waals surface area contributed by atoms with E-state index in [1.54, 1.807) is 32.2 Å². The van der Waals surface area contributed by atoms with E-state index in [1.165, 1.54) is 4.31 Å². The Hall–Kier alpha value is -1.07. The largest absolute Gasteiger partial charge is 0.399 e. The monoisotopic (exact) mass is 270 g/mol. The molecule has 1 rings (SSSR count). The van der Waals surface area contributed by atoms with Crippen molar-refractivity contribution in [3.05, 3.63) is 23.8 Å². The molecule has 0 amide bonds. The number of hydrogen-bond donors (Lipinski definition) is 1. The van der Waals surface area contributed by atoms with Gasteiger partial charge < -0.3 is 5.73 Å². The van der Waals surface area contributed by atoms with Crippen molar-refractivity contribution in [3.8, 4) is 0 Å². The van der Waals surface area contributed by atoms with Crippen molar-refractivity contribution < 1.29 is 8.42 Å². The van der Waals surface area contributed by atoms with Crippen molar-refractivity contribution in [1.29, 1.82) is 0 Å². The van der Waals surface area contributed by atoms with Crippen LogP contribution >= 0.6 is 0 Å². The van der Waals surface area contributed by atoms with Gasteiger partial charge in [0.1, 0.15) is 0 Å². The number of hydrogen-bond acceptors (Lipinski definition) is 3. The van der Waals surface area contributed by atoms with Crippen LogP contribution < -0.4 is 5.73 Å². The zero-order valence-electron chi connectivity index (χ0n) is 11.7. The van der Waals surface area contributed by atoms with Crippen molar-refractivity contribution in [2.75, 3.05) is 19.3 Å². The molecule has 5 heteroatoms. The molecule has 4 nitrogen and oxygen atoms in total. The number of nitrogen functional groups attached to an aromatic ring is 1. The molecule has 0 unspecified atom stereocenters. The van der Waals surface area contributed by atoms with E-state index < -0.39 is 10.0 Å². The highest BCUT2D eigenvalue weighted by atomic mass is 32.2. The minimum absolute atomic E-state index is 0.0787. The highest BCUT2D eigenvalue weighted by Gasteiger charge is 2.25. The number of nitrogens with two attached hydrogens (primary N) is 1. The predicted molar refractivity (Wildman–Crippen MR) is 74.9 cm³/mol. The Morgan fingerprint density at radius 1 is 1.28 bits per heavy atom. The molecule has 102 valence electrons. The van der Waals surface area contributed by atoms with E-state index >= 15 is 0 Å². The van der Waals surface area contributed by atoms with Gasteiger partial charge in [0.25, 0.3) is 0 Å². The summed E-state index contributed by atoms with van der Waals surface area (Å²) in [6.45, 7) is 8.30. The van der Waals surface area contributed by atoms with Crippen LogP contribution in [0, 0.1) is 12.3 Å². The molecule has 0 aromatic heterocycles. The summed E-state index contributed by atoms with van der Waals surface area (Å²) in [4.78, 5) is 0.293. The summed E-state index contributed by atoms with van der Waals surface area (Å²) in [5, 5.41) is 0. The van der Waals surface area contributed by atoms with Crippen molar-refractivity contribution in [2.45, 2.75) is 32.6 Å². The zero-order valence-corrected chi connectivity index (χ0v) is 12.5. The third-order valence-corrected chi connectivity index (χ3v) is 4.45. The minimum atomic E-state index is -3.43. The van der Waals surface area contributed by atoms with Crippen molar-refractivity contribution >= 4 is 15.7 Å². The lowest BCUT2D eigenvalue weighted by Crippen LogP contribution is -2.34. The van der Waals surface area contributed by atoms with Gasteiger partial charge in [-0.3, -0.25) is 0 Å². The molecule has 0 heterocycles. The van der Waals surface area contributed by atoms with Gasteiger partial charge in [0.2, 0.25) is 10.0 Å². The molecule has 0 aliphatic carbocycles. The van der Waals surface area contributed by atoms with Crippen LogP contribution in [0.25, 0.3) is 0 Å². The van der Waals surface area contributed by atoms with E-state index in [2.05, 4.69) is 0 Å². The lowest BCUT2D eigenvalue weighted by atomic mass is 9.97. The Bertz CT molecular complexity index is 530. The first-order chi connectivity index (χ1) is 8.04. The lowest BCUT2D eigenvalue weighted by Gasteiger charge is -2.26. The molecule has 0 aliphatic rings. The van der Waals surface area contributed by atoms with Gasteiger partial charge in [0, 0.05) is 19.3 Å². The van der Waals surface area contributed by atoms with E-state index in [4.69, 9.17) is 5.73 Å². The van der Waals surface area contributed by atoms with Crippen molar-refractivity contribution in [1.82, 2.24) is 4.31 Å². The molecule has 0 bridgehead atoms. The first kappa shape index (κ1) is 15.0. The van der Waals surface area contributed by atoms with E-state index in [-0.39, 0.29) is 5.41 Å². The second-order valence-corrected chi connectivity index (χ2v) is 7.89. The SMILES string of the molecule is Cc1cc(S(=O)(=O)N(C)CC(C)(C)C)ccc1N. The molecule has 0 radical (unpaired) electrons. The van der Waals surface area contributed by atoms with Gasteiger partial charge in [-0.05, 0) is 36.1 Å². The average molecular weight is 270 g/mol. The number of benzene rings is 1. The molecule has 0 fully saturated rings. The van der Waals surface area contributed by atoms with Gasteiger partial charge in [0.05, 0.1) is 4.90 Å². The van der Waals surface area contributed by atoms with Crippen LogP contribution in [0.5, 0.6) is 0 Å². The Kier molecular flexibility index (Phi) is 4.08. The van der Waals surface area contributed by atoms with Crippen molar-refractivity contribution in [2.24, 2.45) is 5.41 Å². The Labute approximate surface area is 110 Å². The lowest BCUT2D eigenvalue weighted by molar-refractivity contribution is 0.311. The second-order valence-electron chi connectivity index (χ2n) is 5.84. The molecule has 2 N–H and O–H groups in total. The molecule has 18 heavy (non-hydrogen) atoms. The maximum absolute atomic E-state index is 12.4. The Balaban J connectivity index is 3.10. The number of anilines is 1. The summed E-state index contributed by atoms with van der Waals surface area (Å²) in [6.07, 6.45) is 0. The summed E-state index contributed by atoms with van der Waals surface area (Å²) in [6, 6.07) is 4.80. The molecule has 1 aromatic rings. The van der Waals surface area contributed by atoms with Gasteiger partial charge in [-0.1, -0.05) is 20.8 Å². The van der Waals surface area contributed by atoms with Crippen LogP contribution in [0.1, 0.15) is 26.3 Å². The van der Waals surface area contributed by atoms with Crippen LogP contribution in [0.2, 0.25) is 0 Å². The highest BCUT2D eigenvalue weighted by molar-refractivity contribution is 7.89. The van der Waals surface area contributed by atoms with E-state index in [9.17, 15) is 8.42 Å². The van der Waals surface area contributed by atoms with Gasteiger partial charge in [-0.25, -0.2) is 12.7 Å². The molecule has 0 aliphatic heterocycles.